The van der Waals surface area contributed by atoms with Gasteiger partial charge in [-0.05, 0) is 12.1 Å². The summed E-state index contributed by atoms with van der Waals surface area (Å²) in [7, 11) is 0. The minimum atomic E-state index is -0.460. The SMILES string of the molecule is O=[N+]([O-])c1ccc2c(c1)Nc1ccc([N+](=O)[O-])cc1S2. The fourth-order valence-corrected chi connectivity index (χ4v) is 2.90. The number of hydrogen-bond donors (Lipinski definition) is 1. The Kier molecular flexibility index (Phi) is 2.79. The average Bonchev–Trinajstić information content (AvgIpc) is 2.43. The number of anilines is 2. The number of non-ortho nitro benzene ring substituents is 2. The zero-order valence-electron chi connectivity index (χ0n) is 9.90. The molecule has 0 fully saturated rings. The van der Waals surface area contributed by atoms with Crippen LogP contribution in [0.5, 0.6) is 0 Å². The number of nitrogens with zero attached hydrogens (tertiary/aromatic N) is 2. The van der Waals surface area contributed by atoms with Crippen molar-refractivity contribution in [3.63, 3.8) is 0 Å². The third-order valence-corrected chi connectivity index (χ3v) is 3.97. The number of nitro groups is 2. The van der Waals surface area contributed by atoms with Gasteiger partial charge in [-0.1, -0.05) is 11.8 Å². The van der Waals surface area contributed by atoms with Crippen LogP contribution in [0.3, 0.4) is 0 Å². The number of nitro benzene ring substituents is 2. The molecule has 1 heterocycles. The molecule has 0 spiro atoms. The van der Waals surface area contributed by atoms with Crippen molar-refractivity contribution in [2.75, 3.05) is 5.32 Å². The normalized spacial score (nSPS) is 12.0. The zero-order valence-corrected chi connectivity index (χ0v) is 10.7. The van der Waals surface area contributed by atoms with Crippen LogP contribution in [-0.4, -0.2) is 9.85 Å². The van der Waals surface area contributed by atoms with E-state index in [9.17, 15) is 20.2 Å². The van der Waals surface area contributed by atoms with E-state index in [0.717, 1.165) is 9.79 Å². The third-order valence-electron chi connectivity index (χ3n) is 2.84. The molecule has 0 bridgehead atoms. The van der Waals surface area contributed by atoms with Gasteiger partial charge in [0.1, 0.15) is 0 Å². The Labute approximate surface area is 116 Å². The molecule has 0 aromatic heterocycles. The van der Waals surface area contributed by atoms with E-state index in [2.05, 4.69) is 5.32 Å². The lowest BCUT2D eigenvalue weighted by atomic mass is 10.2. The minimum absolute atomic E-state index is 0.00205. The Bertz CT molecular complexity index is 684. The molecular formula is C12H7N3O4S. The van der Waals surface area contributed by atoms with Crippen LogP contribution < -0.4 is 5.32 Å². The van der Waals surface area contributed by atoms with Crippen molar-refractivity contribution < 1.29 is 9.85 Å². The first-order chi connectivity index (χ1) is 9.54. The van der Waals surface area contributed by atoms with Crippen molar-refractivity contribution in [3.05, 3.63) is 56.6 Å². The number of rotatable bonds is 2. The Morgan fingerprint density at radius 3 is 2.20 bits per heavy atom. The Hall–Kier alpha value is -2.61. The van der Waals surface area contributed by atoms with E-state index in [-0.39, 0.29) is 11.4 Å². The fourth-order valence-electron chi connectivity index (χ4n) is 1.89. The standard InChI is InChI=1S/C12H7N3O4S/c16-14(17)7-2-4-11-10(5-7)13-9-3-1-8(15(18)19)6-12(9)20-11/h1-6,13H. The Morgan fingerprint density at radius 2 is 1.50 bits per heavy atom. The highest BCUT2D eigenvalue weighted by atomic mass is 32.2. The van der Waals surface area contributed by atoms with Crippen LogP contribution >= 0.6 is 11.8 Å². The molecule has 0 saturated carbocycles. The van der Waals surface area contributed by atoms with Crippen molar-refractivity contribution in [1.82, 2.24) is 0 Å². The minimum Gasteiger partial charge on any atom is -0.353 e. The first-order valence-corrected chi connectivity index (χ1v) is 6.38. The summed E-state index contributed by atoms with van der Waals surface area (Å²) < 4.78 is 0. The molecule has 1 N–H and O–H groups in total. The van der Waals surface area contributed by atoms with Gasteiger partial charge in [0.2, 0.25) is 0 Å². The van der Waals surface area contributed by atoms with Gasteiger partial charge in [-0.25, -0.2) is 0 Å². The summed E-state index contributed by atoms with van der Waals surface area (Å²) in [5, 5.41) is 24.6. The monoisotopic (exact) mass is 289 g/mol. The van der Waals surface area contributed by atoms with Crippen LogP contribution in [0.25, 0.3) is 0 Å². The molecule has 3 rings (SSSR count). The predicted molar refractivity (Wildman–Crippen MR) is 73.6 cm³/mol. The van der Waals surface area contributed by atoms with Crippen LogP contribution in [0.1, 0.15) is 0 Å². The number of benzene rings is 2. The van der Waals surface area contributed by atoms with Gasteiger partial charge in [-0.15, -0.1) is 0 Å². The van der Waals surface area contributed by atoms with Gasteiger partial charge in [0.15, 0.2) is 0 Å². The van der Waals surface area contributed by atoms with Gasteiger partial charge in [-0.2, -0.15) is 0 Å². The lowest BCUT2D eigenvalue weighted by Crippen LogP contribution is -2.01. The second-order valence-electron chi connectivity index (χ2n) is 4.10. The third kappa shape index (κ3) is 2.05. The van der Waals surface area contributed by atoms with E-state index in [4.69, 9.17) is 0 Å². The maximum Gasteiger partial charge on any atom is 0.271 e. The fraction of sp³-hybridized carbons (Fsp3) is 0. The van der Waals surface area contributed by atoms with E-state index >= 15 is 0 Å². The summed E-state index contributed by atoms with van der Waals surface area (Å²) in [4.78, 5) is 22.1. The molecule has 20 heavy (non-hydrogen) atoms. The van der Waals surface area contributed by atoms with Crippen LogP contribution in [0.15, 0.2) is 46.2 Å². The lowest BCUT2D eigenvalue weighted by molar-refractivity contribution is -0.385. The quantitative estimate of drug-likeness (QED) is 0.570. The van der Waals surface area contributed by atoms with Crippen LogP contribution in [0, 0.1) is 20.2 Å². The van der Waals surface area contributed by atoms with Crippen LogP contribution in [0.4, 0.5) is 22.7 Å². The van der Waals surface area contributed by atoms with Crippen LogP contribution in [0.2, 0.25) is 0 Å². The number of hydrogen-bond acceptors (Lipinski definition) is 6. The van der Waals surface area contributed by atoms with Gasteiger partial charge in [0.25, 0.3) is 11.4 Å². The Morgan fingerprint density at radius 1 is 0.850 bits per heavy atom. The summed E-state index contributed by atoms with van der Waals surface area (Å²) in [5.41, 5.74) is 1.35. The first kappa shape index (κ1) is 12.4. The van der Waals surface area contributed by atoms with Gasteiger partial charge in [0, 0.05) is 34.1 Å². The van der Waals surface area contributed by atoms with Crippen molar-refractivity contribution in [1.29, 1.82) is 0 Å². The van der Waals surface area contributed by atoms with E-state index < -0.39 is 9.85 Å². The second kappa shape index (κ2) is 4.49. The van der Waals surface area contributed by atoms with Gasteiger partial charge in [-0.3, -0.25) is 20.2 Å². The molecule has 7 nitrogen and oxygen atoms in total. The van der Waals surface area contributed by atoms with Crippen molar-refractivity contribution in [3.8, 4) is 0 Å². The van der Waals surface area contributed by atoms with E-state index in [1.54, 1.807) is 12.1 Å². The molecule has 8 heteroatoms. The Balaban J connectivity index is 2.02. The highest BCUT2D eigenvalue weighted by Crippen LogP contribution is 2.46. The molecular weight excluding hydrogens is 282 g/mol. The molecule has 0 radical (unpaired) electrons. The molecule has 1 aliphatic heterocycles. The molecule has 1 aliphatic rings. The maximum absolute atomic E-state index is 10.8. The summed E-state index contributed by atoms with van der Waals surface area (Å²) in [5.74, 6) is 0. The number of nitrogens with one attached hydrogen (secondary N) is 1. The summed E-state index contributed by atoms with van der Waals surface area (Å²) in [6, 6.07) is 8.98. The zero-order chi connectivity index (χ0) is 14.3. The lowest BCUT2D eigenvalue weighted by Gasteiger charge is -2.20. The molecule has 2 aromatic carbocycles. The first-order valence-electron chi connectivity index (χ1n) is 5.56. The molecule has 0 unspecified atom stereocenters. The molecule has 100 valence electrons. The molecule has 0 aliphatic carbocycles. The summed E-state index contributed by atoms with van der Waals surface area (Å²) in [6.07, 6.45) is 0. The van der Waals surface area contributed by atoms with E-state index in [1.165, 1.54) is 36.0 Å². The number of fused-ring (bicyclic) bond motifs is 2. The van der Waals surface area contributed by atoms with E-state index in [0.29, 0.717) is 11.4 Å². The van der Waals surface area contributed by atoms with Gasteiger partial charge >= 0.3 is 0 Å². The summed E-state index contributed by atoms with van der Waals surface area (Å²) in [6.45, 7) is 0. The highest BCUT2D eigenvalue weighted by molar-refractivity contribution is 7.99. The largest absolute Gasteiger partial charge is 0.353 e. The smallest absolute Gasteiger partial charge is 0.271 e. The van der Waals surface area contributed by atoms with Gasteiger partial charge < -0.3 is 5.32 Å². The van der Waals surface area contributed by atoms with E-state index in [1.807, 2.05) is 0 Å². The molecule has 2 aromatic rings. The molecule has 0 amide bonds. The van der Waals surface area contributed by atoms with Crippen molar-refractivity contribution in [2.45, 2.75) is 9.79 Å². The van der Waals surface area contributed by atoms with Crippen molar-refractivity contribution in [2.24, 2.45) is 0 Å². The summed E-state index contributed by atoms with van der Waals surface area (Å²) >= 11 is 1.34. The average molecular weight is 289 g/mol. The topological polar surface area (TPSA) is 98.3 Å². The highest BCUT2D eigenvalue weighted by Gasteiger charge is 2.20. The van der Waals surface area contributed by atoms with Crippen molar-refractivity contribution >= 4 is 34.5 Å². The molecule has 0 atom stereocenters. The van der Waals surface area contributed by atoms with Crippen LogP contribution in [-0.2, 0) is 0 Å². The maximum atomic E-state index is 10.8. The molecule has 0 saturated heterocycles. The van der Waals surface area contributed by atoms with Gasteiger partial charge in [0.05, 0.1) is 21.2 Å². The predicted octanol–water partition coefficient (Wildman–Crippen LogP) is 3.71. The second-order valence-corrected chi connectivity index (χ2v) is 5.19.